The maximum atomic E-state index is 12.3. The summed E-state index contributed by atoms with van der Waals surface area (Å²) >= 11 is 0. The van der Waals surface area contributed by atoms with Crippen LogP contribution in [0.25, 0.3) is 0 Å². The Hall–Kier alpha value is -0.570. The summed E-state index contributed by atoms with van der Waals surface area (Å²) < 4.78 is 0. The Morgan fingerprint density at radius 1 is 1.05 bits per heavy atom. The quantitative estimate of drug-likeness (QED) is 0.850. The van der Waals surface area contributed by atoms with Crippen molar-refractivity contribution in [3.8, 4) is 0 Å². The summed E-state index contributed by atoms with van der Waals surface area (Å²) in [5, 5.41) is 0. The number of hydrogen-bond donors (Lipinski definition) is 1. The Kier molecular flexibility index (Phi) is 5.68. The highest BCUT2D eigenvalue weighted by Gasteiger charge is 2.24. The van der Waals surface area contributed by atoms with E-state index in [-0.39, 0.29) is 0 Å². The van der Waals surface area contributed by atoms with Gasteiger partial charge >= 0.3 is 0 Å². The second-order valence-corrected chi connectivity index (χ2v) is 6.78. The summed E-state index contributed by atoms with van der Waals surface area (Å²) in [6.07, 6.45) is 12.0. The first kappa shape index (κ1) is 14.8. The van der Waals surface area contributed by atoms with Crippen molar-refractivity contribution in [1.82, 2.24) is 4.90 Å². The molecule has 2 rings (SSSR count). The third-order valence-electron chi connectivity index (χ3n) is 4.97. The molecule has 2 aliphatic carbocycles. The molecule has 2 fully saturated rings. The predicted molar refractivity (Wildman–Crippen MR) is 78.8 cm³/mol. The second kappa shape index (κ2) is 7.28. The number of rotatable bonds is 4. The minimum Gasteiger partial charge on any atom is -0.345 e. The fourth-order valence-corrected chi connectivity index (χ4v) is 3.78. The van der Waals surface area contributed by atoms with E-state index < -0.39 is 0 Å². The van der Waals surface area contributed by atoms with E-state index >= 15 is 0 Å². The number of hydrogen-bond acceptors (Lipinski definition) is 2. The van der Waals surface area contributed by atoms with Gasteiger partial charge in [0, 0.05) is 26.1 Å². The smallest absolute Gasteiger partial charge is 0.222 e. The molecule has 19 heavy (non-hydrogen) atoms. The van der Waals surface area contributed by atoms with Crippen LogP contribution in [0, 0.1) is 11.8 Å². The lowest BCUT2D eigenvalue weighted by Crippen LogP contribution is -2.35. The third-order valence-corrected chi connectivity index (χ3v) is 4.97. The minimum absolute atomic E-state index is 0.329. The fraction of sp³-hybridized carbons (Fsp3) is 0.938. The first-order chi connectivity index (χ1) is 9.15. The number of carbonyl (C=O) groups is 1. The average molecular weight is 266 g/mol. The average Bonchev–Trinajstić information content (AvgIpc) is 2.40. The number of carbonyl (C=O) groups excluding carboxylic acids is 1. The molecule has 3 nitrogen and oxygen atoms in total. The van der Waals surface area contributed by atoms with Crippen molar-refractivity contribution >= 4 is 5.91 Å². The van der Waals surface area contributed by atoms with Crippen LogP contribution in [0.3, 0.4) is 0 Å². The summed E-state index contributed by atoms with van der Waals surface area (Å²) in [6, 6.07) is 0.329. The molecule has 3 heteroatoms. The Balaban J connectivity index is 1.72. The van der Waals surface area contributed by atoms with Crippen molar-refractivity contribution in [2.24, 2.45) is 17.6 Å². The van der Waals surface area contributed by atoms with Crippen LogP contribution in [-0.4, -0.2) is 30.4 Å². The van der Waals surface area contributed by atoms with E-state index in [0.29, 0.717) is 17.9 Å². The molecule has 0 aromatic rings. The molecule has 1 amide bonds. The fourth-order valence-electron chi connectivity index (χ4n) is 3.78. The van der Waals surface area contributed by atoms with Crippen LogP contribution in [0.5, 0.6) is 0 Å². The van der Waals surface area contributed by atoms with Crippen LogP contribution >= 0.6 is 0 Å². The van der Waals surface area contributed by atoms with Gasteiger partial charge in [-0.1, -0.05) is 25.7 Å². The van der Waals surface area contributed by atoms with E-state index in [1.54, 1.807) is 0 Å². The van der Waals surface area contributed by atoms with E-state index in [1.807, 2.05) is 11.9 Å². The SMILES string of the molecule is CN(CC1CCCCC1)C(=O)CC1CCCC(N)C1. The van der Waals surface area contributed by atoms with Crippen molar-refractivity contribution < 1.29 is 4.79 Å². The van der Waals surface area contributed by atoms with Gasteiger partial charge in [0.25, 0.3) is 0 Å². The van der Waals surface area contributed by atoms with E-state index in [0.717, 1.165) is 31.7 Å². The maximum absolute atomic E-state index is 12.3. The Bertz CT molecular complexity index is 286. The summed E-state index contributed by atoms with van der Waals surface area (Å²) in [6.45, 7) is 0.970. The van der Waals surface area contributed by atoms with E-state index in [1.165, 1.54) is 44.9 Å². The zero-order valence-electron chi connectivity index (χ0n) is 12.4. The van der Waals surface area contributed by atoms with Gasteiger partial charge in [0.05, 0.1) is 0 Å². The van der Waals surface area contributed by atoms with Crippen LogP contribution in [0.2, 0.25) is 0 Å². The molecule has 0 heterocycles. The highest BCUT2D eigenvalue weighted by molar-refractivity contribution is 5.76. The van der Waals surface area contributed by atoms with Gasteiger partial charge in [-0.3, -0.25) is 4.79 Å². The van der Waals surface area contributed by atoms with Gasteiger partial charge in [-0.2, -0.15) is 0 Å². The van der Waals surface area contributed by atoms with Crippen molar-refractivity contribution in [1.29, 1.82) is 0 Å². The van der Waals surface area contributed by atoms with Crippen LogP contribution < -0.4 is 5.73 Å². The van der Waals surface area contributed by atoms with Crippen LogP contribution in [0.1, 0.15) is 64.2 Å². The van der Waals surface area contributed by atoms with Crippen LogP contribution in [0.4, 0.5) is 0 Å². The van der Waals surface area contributed by atoms with Gasteiger partial charge in [0.2, 0.25) is 5.91 Å². The molecule has 110 valence electrons. The Labute approximate surface area is 117 Å². The molecule has 2 N–H and O–H groups in total. The van der Waals surface area contributed by atoms with Crippen molar-refractivity contribution in [3.05, 3.63) is 0 Å². The summed E-state index contributed by atoms with van der Waals surface area (Å²) in [5.74, 6) is 1.62. The zero-order valence-corrected chi connectivity index (χ0v) is 12.4. The topological polar surface area (TPSA) is 46.3 Å². The van der Waals surface area contributed by atoms with Crippen molar-refractivity contribution in [2.45, 2.75) is 70.3 Å². The highest BCUT2D eigenvalue weighted by Crippen LogP contribution is 2.27. The van der Waals surface area contributed by atoms with E-state index in [9.17, 15) is 4.79 Å². The lowest BCUT2D eigenvalue weighted by atomic mass is 9.83. The molecular formula is C16H30N2O. The van der Waals surface area contributed by atoms with Gasteiger partial charge in [-0.05, 0) is 43.9 Å². The summed E-state index contributed by atoms with van der Waals surface area (Å²) in [7, 11) is 1.99. The van der Waals surface area contributed by atoms with Crippen LogP contribution in [-0.2, 0) is 4.79 Å². The molecule has 2 unspecified atom stereocenters. The minimum atomic E-state index is 0.329. The van der Waals surface area contributed by atoms with E-state index in [2.05, 4.69) is 0 Å². The molecular weight excluding hydrogens is 236 g/mol. The third kappa shape index (κ3) is 4.79. The molecule has 0 aromatic heterocycles. The second-order valence-electron chi connectivity index (χ2n) is 6.78. The van der Waals surface area contributed by atoms with E-state index in [4.69, 9.17) is 5.73 Å². The molecule has 0 aromatic carbocycles. The summed E-state index contributed by atoms with van der Waals surface area (Å²) in [4.78, 5) is 14.3. The van der Waals surface area contributed by atoms with Crippen LogP contribution in [0.15, 0.2) is 0 Å². The maximum Gasteiger partial charge on any atom is 0.222 e. The predicted octanol–water partition coefficient (Wildman–Crippen LogP) is 2.93. The zero-order chi connectivity index (χ0) is 13.7. The standard InChI is InChI=1S/C16H30N2O/c1-18(12-13-6-3-2-4-7-13)16(19)11-14-8-5-9-15(17)10-14/h13-15H,2-12,17H2,1H3. The lowest BCUT2D eigenvalue weighted by Gasteiger charge is -2.30. The normalized spacial score (nSPS) is 29.2. The van der Waals surface area contributed by atoms with Gasteiger partial charge < -0.3 is 10.6 Å². The monoisotopic (exact) mass is 266 g/mol. The Morgan fingerprint density at radius 2 is 1.74 bits per heavy atom. The molecule has 0 aliphatic heterocycles. The lowest BCUT2D eigenvalue weighted by molar-refractivity contribution is -0.131. The van der Waals surface area contributed by atoms with Gasteiger partial charge in [0.15, 0.2) is 0 Å². The number of amides is 1. The first-order valence-corrected chi connectivity index (χ1v) is 8.14. The number of nitrogens with zero attached hydrogens (tertiary/aromatic N) is 1. The van der Waals surface area contributed by atoms with Crippen molar-refractivity contribution in [3.63, 3.8) is 0 Å². The molecule has 0 saturated heterocycles. The Morgan fingerprint density at radius 3 is 2.42 bits per heavy atom. The molecule has 0 bridgehead atoms. The first-order valence-electron chi connectivity index (χ1n) is 8.14. The largest absolute Gasteiger partial charge is 0.345 e. The van der Waals surface area contributed by atoms with Gasteiger partial charge in [-0.25, -0.2) is 0 Å². The number of nitrogens with two attached hydrogens (primary N) is 1. The summed E-state index contributed by atoms with van der Waals surface area (Å²) in [5.41, 5.74) is 6.00. The molecule has 0 spiro atoms. The van der Waals surface area contributed by atoms with Gasteiger partial charge in [0.1, 0.15) is 0 Å². The molecule has 0 radical (unpaired) electrons. The molecule has 2 aliphatic rings. The molecule has 2 saturated carbocycles. The highest BCUT2D eigenvalue weighted by atomic mass is 16.2. The van der Waals surface area contributed by atoms with Gasteiger partial charge in [-0.15, -0.1) is 0 Å². The molecule has 2 atom stereocenters. The van der Waals surface area contributed by atoms with Crippen molar-refractivity contribution in [2.75, 3.05) is 13.6 Å².